The number of rotatable bonds is 7. The first-order valence-electron chi connectivity index (χ1n) is 4.31. The fourth-order valence-corrected chi connectivity index (χ4v) is 1.08. The van der Waals surface area contributed by atoms with Crippen LogP contribution in [0.1, 0.15) is 19.3 Å². The SMILES string of the molecule is CN[C@](CCCCN)(N=[N+]=[N-])C(=O)O. The Morgan fingerprint density at radius 1 is 1.71 bits per heavy atom. The van der Waals surface area contributed by atoms with Crippen molar-refractivity contribution in [1.29, 1.82) is 0 Å². The number of carboxylic acid groups (broad SMARTS) is 1. The van der Waals surface area contributed by atoms with E-state index in [0.29, 0.717) is 19.4 Å². The van der Waals surface area contributed by atoms with Crippen LogP contribution in [0.25, 0.3) is 10.4 Å². The summed E-state index contributed by atoms with van der Waals surface area (Å²) in [6.45, 7) is 0.496. The minimum Gasteiger partial charge on any atom is -0.480 e. The van der Waals surface area contributed by atoms with E-state index < -0.39 is 11.6 Å². The van der Waals surface area contributed by atoms with Gasteiger partial charge in [0.05, 0.1) is 0 Å². The number of hydrogen-bond acceptors (Lipinski definition) is 4. The third kappa shape index (κ3) is 3.21. The Morgan fingerprint density at radius 2 is 2.36 bits per heavy atom. The third-order valence-corrected chi connectivity index (χ3v) is 1.98. The van der Waals surface area contributed by atoms with Gasteiger partial charge < -0.3 is 16.2 Å². The molecule has 80 valence electrons. The second kappa shape index (κ2) is 6.20. The minimum absolute atomic E-state index is 0.236. The summed E-state index contributed by atoms with van der Waals surface area (Å²) in [6.07, 6.45) is 1.54. The molecular formula is C7H15N5O2. The van der Waals surface area contributed by atoms with Crippen molar-refractivity contribution in [3.8, 4) is 0 Å². The van der Waals surface area contributed by atoms with Crippen LogP contribution < -0.4 is 11.1 Å². The molecule has 7 nitrogen and oxygen atoms in total. The van der Waals surface area contributed by atoms with E-state index in [-0.39, 0.29) is 6.42 Å². The van der Waals surface area contributed by atoms with Crippen molar-refractivity contribution in [1.82, 2.24) is 5.32 Å². The lowest BCUT2D eigenvalue weighted by molar-refractivity contribution is -0.144. The quantitative estimate of drug-likeness (QED) is 0.239. The molecule has 14 heavy (non-hydrogen) atoms. The topological polar surface area (TPSA) is 124 Å². The van der Waals surface area contributed by atoms with Crippen LogP contribution in [0, 0.1) is 0 Å². The summed E-state index contributed by atoms with van der Waals surface area (Å²) in [5, 5.41) is 14.7. The molecule has 4 N–H and O–H groups in total. The number of azide groups is 1. The Kier molecular flexibility index (Phi) is 5.62. The zero-order valence-corrected chi connectivity index (χ0v) is 8.10. The van der Waals surface area contributed by atoms with Crippen molar-refractivity contribution >= 4 is 5.97 Å². The molecule has 0 radical (unpaired) electrons. The summed E-state index contributed by atoms with van der Waals surface area (Å²) in [7, 11) is 1.45. The van der Waals surface area contributed by atoms with Gasteiger partial charge in [-0.25, -0.2) is 0 Å². The number of carboxylic acids is 1. The van der Waals surface area contributed by atoms with Crippen LogP contribution in [0.15, 0.2) is 5.11 Å². The highest BCUT2D eigenvalue weighted by atomic mass is 16.4. The summed E-state index contributed by atoms with van der Waals surface area (Å²) >= 11 is 0. The number of hydrogen-bond donors (Lipinski definition) is 3. The predicted molar refractivity (Wildman–Crippen MR) is 51.5 cm³/mol. The van der Waals surface area contributed by atoms with Crippen molar-refractivity contribution in [3.63, 3.8) is 0 Å². The fourth-order valence-electron chi connectivity index (χ4n) is 1.08. The third-order valence-electron chi connectivity index (χ3n) is 1.98. The Hall–Kier alpha value is -1.30. The highest BCUT2D eigenvalue weighted by Crippen LogP contribution is 2.16. The summed E-state index contributed by atoms with van der Waals surface area (Å²) in [5.41, 5.74) is 12.0. The number of nitrogens with zero attached hydrogens (tertiary/aromatic N) is 3. The van der Waals surface area contributed by atoms with E-state index in [2.05, 4.69) is 15.3 Å². The van der Waals surface area contributed by atoms with Crippen LogP contribution in [-0.2, 0) is 4.79 Å². The molecule has 0 aromatic heterocycles. The number of unbranched alkanes of at least 4 members (excludes halogenated alkanes) is 1. The molecule has 0 aliphatic rings. The first-order valence-corrected chi connectivity index (χ1v) is 4.31. The molecular weight excluding hydrogens is 186 g/mol. The monoisotopic (exact) mass is 201 g/mol. The highest BCUT2D eigenvalue weighted by molar-refractivity contribution is 5.78. The number of likely N-dealkylation sites (N-methyl/N-ethyl adjacent to an activating group) is 1. The zero-order valence-electron chi connectivity index (χ0n) is 8.10. The molecule has 0 heterocycles. The second-order valence-corrected chi connectivity index (χ2v) is 2.85. The van der Waals surface area contributed by atoms with Gasteiger partial charge in [-0.3, -0.25) is 4.79 Å². The van der Waals surface area contributed by atoms with E-state index in [9.17, 15) is 4.79 Å². The summed E-state index contributed by atoms with van der Waals surface area (Å²) in [4.78, 5) is 13.4. The predicted octanol–water partition coefficient (Wildman–Crippen LogP) is 0.426. The van der Waals surface area contributed by atoms with Gasteiger partial charge in [0.1, 0.15) is 0 Å². The highest BCUT2D eigenvalue weighted by Gasteiger charge is 2.35. The molecule has 0 saturated carbocycles. The lowest BCUT2D eigenvalue weighted by Gasteiger charge is -2.22. The van der Waals surface area contributed by atoms with E-state index >= 15 is 0 Å². The van der Waals surface area contributed by atoms with Gasteiger partial charge in [0.15, 0.2) is 5.66 Å². The van der Waals surface area contributed by atoms with Gasteiger partial charge in [0.2, 0.25) is 0 Å². The van der Waals surface area contributed by atoms with Crippen LogP contribution in [-0.4, -0.2) is 30.3 Å². The van der Waals surface area contributed by atoms with E-state index in [1.807, 2.05) is 0 Å². The average Bonchev–Trinajstić information content (AvgIpc) is 2.16. The largest absolute Gasteiger partial charge is 0.480 e. The minimum atomic E-state index is -1.54. The van der Waals surface area contributed by atoms with Crippen molar-refractivity contribution in [2.45, 2.75) is 24.9 Å². The van der Waals surface area contributed by atoms with Gasteiger partial charge in [-0.2, -0.15) is 0 Å². The molecule has 0 unspecified atom stereocenters. The lowest BCUT2D eigenvalue weighted by atomic mass is 10.0. The van der Waals surface area contributed by atoms with Crippen LogP contribution in [0.2, 0.25) is 0 Å². The summed E-state index contributed by atoms with van der Waals surface area (Å²) < 4.78 is 0. The molecule has 0 aliphatic carbocycles. The first kappa shape index (κ1) is 12.7. The van der Waals surface area contributed by atoms with Crippen molar-refractivity contribution < 1.29 is 9.90 Å². The molecule has 0 fully saturated rings. The standard InChI is InChI=1S/C7H15N5O2/c1-10-7(6(13)14,11-12-9)4-2-3-5-8/h10H,2-5,8H2,1H3,(H,13,14)/t7-/m1/s1. The fraction of sp³-hybridized carbons (Fsp3) is 0.857. The molecule has 0 amide bonds. The number of carbonyl (C=O) groups is 1. The Bertz CT molecular complexity index is 234. The molecule has 1 atom stereocenters. The number of nitrogens with one attached hydrogen (secondary N) is 1. The Morgan fingerprint density at radius 3 is 2.71 bits per heavy atom. The van der Waals surface area contributed by atoms with Gasteiger partial charge in [-0.1, -0.05) is 5.11 Å². The molecule has 0 bridgehead atoms. The van der Waals surface area contributed by atoms with E-state index in [1.54, 1.807) is 0 Å². The number of aliphatic carboxylic acids is 1. The van der Waals surface area contributed by atoms with Gasteiger partial charge in [-0.15, -0.1) is 0 Å². The van der Waals surface area contributed by atoms with Crippen LogP contribution in [0.3, 0.4) is 0 Å². The summed E-state index contributed by atoms with van der Waals surface area (Å²) in [6, 6.07) is 0. The maximum atomic E-state index is 10.9. The Balaban J connectivity index is 4.50. The van der Waals surface area contributed by atoms with E-state index in [1.165, 1.54) is 7.05 Å². The van der Waals surface area contributed by atoms with Gasteiger partial charge in [0.25, 0.3) is 0 Å². The van der Waals surface area contributed by atoms with Gasteiger partial charge in [0, 0.05) is 4.91 Å². The average molecular weight is 201 g/mol. The molecule has 0 aromatic carbocycles. The molecule has 0 spiro atoms. The van der Waals surface area contributed by atoms with E-state index in [0.717, 1.165) is 0 Å². The molecule has 0 aromatic rings. The molecule has 7 heteroatoms. The van der Waals surface area contributed by atoms with Gasteiger partial charge >= 0.3 is 5.97 Å². The lowest BCUT2D eigenvalue weighted by Crippen LogP contribution is -2.48. The van der Waals surface area contributed by atoms with Crippen molar-refractivity contribution in [2.75, 3.05) is 13.6 Å². The molecule has 0 saturated heterocycles. The molecule has 0 rings (SSSR count). The maximum Gasteiger partial charge on any atom is 0.330 e. The van der Waals surface area contributed by atoms with E-state index in [4.69, 9.17) is 16.4 Å². The maximum absolute atomic E-state index is 10.9. The Labute approximate surface area is 81.9 Å². The number of nitrogens with two attached hydrogens (primary N) is 1. The first-order chi connectivity index (χ1) is 6.63. The van der Waals surface area contributed by atoms with Gasteiger partial charge in [-0.05, 0) is 38.4 Å². The summed E-state index contributed by atoms with van der Waals surface area (Å²) in [5.74, 6) is -1.17. The van der Waals surface area contributed by atoms with Crippen LogP contribution >= 0.6 is 0 Å². The zero-order chi connectivity index (χ0) is 11.0. The van der Waals surface area contributed by atoms with Crippen molar-refractivity contribution in [2.24, 2.45) is 10.8 Å². The van der Waals surface area contributed by atoms with Crippen molar-refractivity contribution in [3.05, 3.63) is 10.4 Å². The smallest absolute Gasteiger partial charge is 0.330 e. The van der Waals surface area contributed by atoms with Crippen LogP contribution in [0.5, 0.6) is 0 Å². The van der Waals surface area contributed by atoms with Crippen LogP contribution in [0.4, 0.5) is 0 Å². The normalized spacial score (nSPS) is 14.1. The molecule has 0 aliphatic heterocycles. The second-order valence-electron chi connectivity index (χ2n) is 2.85.